The standard InChI is InChI=1S/C18H16F3NO4/c1-24-14-7-12-10-22(17(23)16(12)15(8-14)25-2)9-11-3-5-13(6-4-11)26-18(19,20)21/h3-8H,9-10H2,1-2H3. The normalized spacial score (nSPS) is 13.6. The average Bonchev–Trinajstić information content (AvgIpc) is 2.90. The van der Waals surface area contributed by atoms with Gasteiger partial charge in [-0.2, -0.15) is 0 Å². The number of benzene rings is 2. The van der Waals surface area contributed by atoms with Crippen LogP contribution < -0.4 is 14.2 Å². The predicted octanol–water partition coefficient (Wildman–Crippen LogP) is 3.76. The van der Waals surface area contributed by atoms with Gasteiger partial charge in [0.2, 0.25) is 0 Å². The molecule has 0 bridgehead atoms. The lowest BCUT2D eigenvalue weighted by molar-refractivity contribution is -0.274. The first-order valence-corrected chi connectivity index (χ1v) is 7.69. The predicted molar refractivity (Wildman–Crippen MR) is 86.2 cm³/mol. The molecule has 1 aliphatic heterocycles. The monoisotopic (exact) mass is 367 g/mol. The van der Waals surface area contributed by atoms with E-state index < -0.39 is 6.36 Å². The van der Waals surface area contributed by atoms with Gasteiger partial charge in [0.25, 0.3) is 5.91 Å². The zero-order valence-electron chi connectivity index (χ0n) is 14.1. The number of alkyl halides is 3. The lowest BCUT2D eigenvalue weighted by Crippen LogP contribution is -2.23. The summed E-state index contributed by atoms with van der Waals surface area (Å²) in [7, 11) is 3.00. The summed E-state index contributed by atoms with van der Waals surface area (Å²) in [6.07, 6.45) is -4.73. The Morgan fingerprint density at radius 3 is 2.31 bits per heavy atom. The van der Waals surface area contributed by atoms with Gasteiger partial charge in [-0.3, -0.25) is 4.79 Å². The Hall–Kier alpha value is -2.90. The van der Waals surface area contributed by atoms with E-state index >= 15 is 0 Å². The van der Waals surface area contributed by atoms with Gasteiger partial charge in [-0.25, -0.2) is 0 Å². The fourth-order valence-electron chi connectivity index (χ4n) is 2.87. The molecule has 3 rings (SSSR count). The van der Waals surface area contributed by atoms with Crippen LogP contribution in [0.1, 0.15) is 21.5 Å². The molecule has 2 aromatic carbocycles. The van der Waals surface area contributed by atoms with E-state index in [1.54, 1.807) is 17.0 Å². The molecule has 1 aliphatic rings. The summed E-state index contributed by atoms with van der Waals surface area (Å²) in [6.45, 7) is 0.619. The molecule has 0 N–H and O–H groups in total. The van der Waals surface area contributed by atoms with Crippen LogP contribution >= 0.6 is 0 Å². The van der Waals surface area contributed by atoms with Gasteiger partial charge >= 0.3 is 6.36 Å². The highest BCUT2D eigenvalue weighted by Crippen LogP contribution is 2.35. The Labute approximate surface area is 147 Å². The van der Waals surface area contributed by atoms with Crippen LogP contribution in [-0.4, -0.2) is 31.4 Å². The minimum Gasteiger partial charge on any atom is -0.497 e. The Balaban J connectivity index is 1.76. The van der Waals surface area contributed by atoms with E-state index in [9.17, 15) is 18.0 Å². The molecule has 0 fully saturated rings. The third-order valence-electron chi connectivity index (χ3n) is 4.01. The van der Waals surface area contributed by atoms with E-state index in [0.29, 0.717) is 29.2 Å². The molecule has 138 valence electrons. The third-order valence-corrected chi connectivity index (χ3v) is 4.01. The summed E-state index contributed by atoms with van der Waals surface area (Å²) >= 11 is 0. The van der Waals surface area contributed by atoms with E-state index in [4.69, 9.17) is 9.47 Å². The minimum absolute atomic E-state index is 0.199. The van der Waals surface area contributed by atoms with Gasteiger partial charge in [-0.15, -0.1) is 13.2 Å². The van der Waals surface area contributed by atoms with Gasteiger partial charge < -0.3 is 19.1 Å². The Kier molecular flexibility index (Phi) is 4.67. The smallest absolute Gasteiger partial charge is 0.497 e. The lowest BCUT2D eigenvalue weighted by atomic mass is 10.1. The summed E-state index contributed by atoms with van der Waals surface area (Å²) < 4.78 is 51.0. The summed E-state index contributed by atoms with van der Waals surface area (Å²) in [5.74, 6) is 0.517. The molecular weight excluding hydrogens is 351 g/mol. The molecule has 0 unspecified atom stereocenters. The van der Waals surface area contributed by atoms with Crippen molar-refractivity contribution in [3.8, 4) is 17.2 Å². The number of hydrogen-bond donors (Lipinski definition) is 0. The van der Waals surface area contributed by atoms with Crippen LogP contribution in [0, 0.1) is 0 Å². The van der Waals surface area contributed by atoms with Crippen molar-refractivity contribution < 1.29 is 32.2 Å². The van der Waals surface area contributed by atoms with Crippen LogP contribution in [0.4, 0.5) is 13.2 Å². The topological polar surface area (TPSA) is 48.0 Å². The van der Waals surface area contributed by atoms with Crippen molar-refractivity contribution >= 4 is 5.91 Å². The molecule has 2 aromatic rings. The van der Waals surface area contributed by atoms with E-state index in [1.165, 1.54) is 38.5 Å². The highest BCUT2D eigenvalue weighted by molar-refractivity contribution is 6.01. The number of amides is 1. The summed E-state index contributed by atoms with van der Waals surface area (Å²) in [4.78, 5) is 14.3. The van der Waals surface area contributed by atoms with Gasteiger partial charge in [0.05, 0.1) is 19.8 Å². The zero-order chi connectivity index (χ0) is 18.9. The fraction of sp³-hybridized carbons (Fsp3) is 0.278. The van der Waals surface area contributed by atoms with Crippen LogP contribution in [-0.2, 0) is 13.1 Å². The number of hydrogen-bond acceptors (Lipinski definition) is 4. The second-order valence-corrected chi connectivity index (χ2v) is 5.72. The highest BCUT2D eigenvalue weighted by Gasteiger charge is 2.32. The van der Waals surface area contributed by atoms with Gasteiger partial charge in [0.15, 0.2) is 0 Å². The van der Waals surface area contributed by atoms with Crippen LogP contribution in [0.25, 0.3) is 0 Å². The average molecular weight is 367 g/mol. The van der Waals surface area contributed by atoms with E-state index in [0.717, 1.165) is 5.56 Å². The molecule has 0 spiro atoms. The number of rotatable bonds is 5. The summed E-state index contributed by atoms with van der Waals surface area (Å²) in [6, 6.07) is 8.85. The molecule has 8 heteroatoms. The summed E-state index contributed by atoms with van der Waals surface area (Å²) in [5, 5.41) is 0. The Morgan fingerprint density at radius 1 is 1.04 bits per heavy atom. The molecule has 1 amide bonds. The number of halogens is 3. The number of methoxy groups -OCH3 is 2. The number of carbonyl (C=O) groups excluding carboxylic acids is 1. The van der Waals surface area contributed by atoms with Gasteiger partial charge in [0, 0.05) is 19.2 Å². The van der Waals surface area contributed by atoms with Crippen molar-refractivity contribution in [2.24, 2.45) is 0 Å². The molecule has 0 radical (unpaired) electrons. The van der Waals surface area contributed by atoms with Crippen molar-refractivity contribution in [1.29, 1.82) is 0 Å². The number of carbonyl (C=O) groups is 1. The maximum atomic E-state index is 12.7. The molecule has 26 heavy (non-hydrogen) atoms. The van der Waals surface area contributed by atoms with E-state index in [-0.39, 0.29) is 18.2 Å². The van der Waals surface area contributed by atoms with E-state index in [1.807, 2.05) is 0 Å². The maximum Gasteiger partial charge on any atom is 0.573 e. The second kappa shape index (κ2) is 6.78. The van der Waals surface area contributed by atoms with Crippen molar-refractivity contribution in [3.63, 3.8) is 0 Å². The number of nitrogens with zero attached hydrogens (tertiary/aromatic N) is 1. The molecular formula is C18H16F3NO4. The molecule has 1 heterocycles. The maximum absolute atomic E-state index is 12.7. The highest BCUT2D eigenvalue weighted by atomic mass is 19.4. The Bertz CT molecular complexity index is 818. The first-order chi connectivity index (χ1) is 12.3. The first kappa shape index (κ1) is 17.9. The van der Waals surface area contributed by atoms with Crippen molar-refractivity contribution in [2.75, 3.05) is 14.2 Å². The number of ether oxygens (including phenoxy) is 3. The van der Waals surface area contributed by atoms with Crippen LogP contribution in [0.5, 0.6) is 17.2 Å². The summed E-state index contributed by atoms with van der Waals surface area (Å²) in [5.41, 5.74) is 1.94. The molecule has 0 aliphatic carbocycles. The van der Waals surface area contributed by atoms with Crippen LogP contribution in [0.3, 0.4) is 0 Å². The SMILES string of the molecule is COc1cc2c(c(OC)c1)C(=O)N(Cc1ccc(OC(F)(F)F)cc1)C2. The lowest BCUT2D eigenvalue weighted by Gasteiger charge is -2.16. The largest absolute Gasteiger partial charge is 0.573 e. The zero-order valence-corrected chi connectivity index (χ0v) is 14.1. The third kappa shape index (κ3) is 3.68. The van der Waals surface area contributed by atoms with Crippen molar-refractivity contribution in [1.82, 2.24) is 4.90 Å². The molecule has 0 saturated heterocycles. The van der Waals surface area contributed by atoms with Gasteiger partial charge in [0.1, 0.15) is 17.2 Å². The first-order valence-electron chi connectivity index (χ1n) is 7.69. The minimum atomic E-state index is -4.73. The van der Waals surface area contributed by atoms with Crippen LogP contribution in [0.15, 0.2) is 36.4 Å². The Morgan fingerprint density at radius 2 is 1.73 bits per heavy atom. The van der Waals surface area contributed by atoms with Crippen molar-refractivity contribution in [3.05, 3.63) is 53.1 Å². The molecule has 0 saturated carbocycles. The van der Waals surface area contributed by atoms with Gasteiger partial charge in [-0.1, -0.05) is 12.1 Å². The quantitative estimate of drug-likeness (QED) is 0.807. The second-order valence-electron chi connectivity index (χ2n) is 5.72. The fourth-order valence-corrected chi connectivity index (χ4v) is 2.87. The number of fused-ring (bicyclic) bond motifs is 1. The molecule has 0 atom stereocenters. The van der Waals surface area contributed by atoms with Crippen LogP contribution in [0.2, 0.25) is 0 Å². The van der Waals surface area contributed by atoms with Crippen molar-refractivity contribution in [2.45, 2.75) is 19.5 Å². The van der Waals surface area contributed by atoms with E-state index in [2.05, 4.69) is 4.74 Å². The molecule has 5 nitrogen and oxygen atoms in total. The van der Waals surface area contributed by atoms with Gasteiger partial charge in [-0.05, 0) is 29.3 Å². The molecule has 0 aromatic heterocycles.